The van der Waals surface area contributed by atoms with Crippen LogP contribution in [0.5, 0.6) is 11.5 Å². The van der Waals surface area contributed by atoms with E-state index in [1.807, 2.05) is 6.07 Å². The van der Waals surface area contributed by atoms with E-state index in [-0.39, 0.29) is 12.5 Å². The van der Waals surface area contributed by atoms with Gasteiger partial charge in [-0.3, -0.25) is 4.79 Å². The minimum atomic E-state index is -4.41. The van der Waals surface area contributed by atoms with E-state index >= 15 is 0 Å². The molecule has 0 unspecified atom stereocenters. The van der Waals surface area contributed by atoms with Gasteiger partial charge in [-0.2, -0.15) is 13.2 Å². The summed E-state index contributed by atoms with van der Waals surface area (Å²) in [7, 11) is 3.07. The number of amides is 1. The molecule has 0 radical (unpaired) electrons. The second-order valence-electron chi connectivity index (χ2n) is 6.49. The first kappa shape index (κ1) is 21.2. The van der Waals surface area contributed by atoms with Crippen molar-refractivity contribution in [3.63, 3.8) is 0 Å². The quantitative estimate of drug-likeness (QED) is 0.593. The highest BCUT2D eigenvalue weighted by molar-refractivity contribution is 6.00. The summed E-state index contributed by atoms with van der Waals surface area (Å²) in [6, 6.07) is 16.8. The van der Waals surface area contributed by atoms with E-state index in [2.05, 4.69) is 5.32 Å². The molecule has 0 aliphatic heterocycles. The summed E-state index contributed by atoms with van der Waals surface area (Å²) in [6.07, 6.45) is -4.41. The van der Waals surface area contributed by atoms with Crippen LogP contribution in [0.3, 0.4) is 0 Å². The molecule has 0 saturated heterocycles. The lowest BCUT2D eigenvalue weighted by atomic mass is 9.98. The number of benzene rings is 3. The van der Waals surface area contributed by atoms with Crippen molar-refractivity contribution in [3.05, 3.63) is 83.4 Å². The highest BCUT2D eigenvalue weighted by Gasteiger charge is 2.30. The molecule has 0 aliphatic rings. The lowest BCUT2D eigenvalue weighted by Crippen LogP contribution is -2.23. The molecule has 3 aromatic carbocycles. The molecule has 0 fully saturated rings. The van der Waals surface area contributed by atoms with Gasteiger partial charge in [-0.05, 0) is 47.0 Å². The molecule has 0 spiro atoms. The maximum Gasteiger partial charge on any atom is 0.416 e. The smallest absolute Gasteiger partial charge is 0.416 e. The van der Waals surface area contributed by atoms with Gasteiger partial charge in [0.2, 0.25) is 0 Å². The zero-order chi connectivity index (χ0) is 21.7. The Hall–Kier alpha value is -3.48. The van der Waals surface area contributed by atoms with Crippen LogP contribution in [0.1, 0.15) is 21.5 Å². The molecule has 30 heavy (non-hydrogen) atoms. The van der Waals surface area contributed by atoms with Crippen LogP contribution in [0.4, 0.5) is 13.2 Å². The summed E-state index contributed by atoms with van der Waals surface area (Å²) in [5.41, 5.74) is 1.53. The topological polar surface area (TPSA) is 47.6 Å². The molecule has 0 saturated carbocycles. The van der Waals surface area contributed by atoms with Crippen molar-refractivity contribution < 1.29 is 27.4 Å². The number of carbonyl (C=O) groups excluding carboxylic acids is 1. The molecule has 0 atom stereocenters. The van der Waals surface area contributed by atoms with Crippen LogP contribution >= 0.6 is 0 Å². The van der Waals surface area contributed by atoms with Crippen molar-refractivity contribution >= 4 is 5.91 Å². The molecule has 0 heterocycles. The third-order valence-corrected chi connectivity index (χ3v) is 4.60. The number of hydrogen-bond donors (Lipinski definition) is 1. The van der Waals surface area contributed by atoms with Gasteiger partial charge in [-0.25, -0.2) is 0 Å². The normalized spacial score (nSPS) is 11.1. The summed E-state index contributed by atoms with van der Waals surface area (Å²) < 4.78 is 48.9. The van der Waals surface area contributed by atoms with Crippen LogP contribution in [-0.4, -0.2) is 20.1 Å². The van der Waals surface area contributed by atoms with Gasteiger partial charge in [-0.1, -0.05) is 36.4 Å². The highest BCUT2D eigenvalue weighted by atomic mass is 19.4. The number of halogens is 3. The van der Waals surface area contributed by atoms with Crippen LogP contribution < -0.4 is 14.8 Å². The zero-order valence-electron chi connectivity index (χ0n) is 16.4. The number of rotatable bonds is 6. The van der Waals surface area contributed by atoms with Crippen molar-refractivity contribution in [1.82, 2.24) is 5.32 Å². The third-order valence-electron chi connectivity index (χ3n) is 4.60. The minimum absolute atomic E-state index is 0.251. The van der Waals surface area contributed by atoms with Gasteiger partial charge in [0.15, 0.2) is 11.5 Å². The van der Waals surface area contributed by atoms with Gasteiger partial charge in [0.25, 0.3) is 5.91 Å². The van der Waals surface area contributed by atoms with Crippen molar-refractivity contribution in [2.24, 2.45) is 0 Å². The Balaban J connectivity index is 1.79. The number of methoxy groups -OCH3 is 2. The Labute approximate surface area is 172 Å². The van der Waals surface area contributed by atoms with E-state index in [0.717, 1.165) is 17.7 Å². The maximum atomic E-state index is 12.8. The molecule has 0 aromatic heterocycles. The average molecular weight is 415 g/mol. The Bertz CT molecular complexity index is 1030. The second-order valence-corrected chi connectivity index (χ2v) is 6.49. The van der Waals surface area contributed by atoms with E-state index in [0.29, 0.717) is 28.2 Å². The fraction of sp³-hybridized carbons (Fsp3) is 0.174. The number of carbonyl (C=O) groups is 1. The van der Waals surface area contributed by atoms with Crippen LogP contribution in [0.15, 0.2) is 66.7 Å². The molecule has 1 N–H and O–H groups in total. The number of ether oxygens (including phenoxy) is 2. The molecule has 156 valence electrons. The van der Waals surface area contributed by atoms with E-state index in [1.54, 1.807) is 36.4 Å². The summed E-state index contributed by atoms with van der Waals surface area (Å²) >= 11 is 0. The van der Waals surface area contributed by atoms with Crippen LogP contribution in [0.25, 0.3) is 11.1 Å². The Morgan fingerprint density at radius 1 is 0.900 bits per heavy atom. The van der Waals surface area contributed by atoms with Crippen LogP contribution in [-0.2, 0) is 12.7 Å². The van der Waals surface area contributed by atoms with Gasteiger partial charge in [0.1, 0.15) is 0 Å². The standard InChI is InChI=1S/C23H20F3NO3/c1-29-20-12-7-15(13-21(20)30-2)14-27-22(28)19-6-4-3-5-18(19)16-8-10-17(11-9-16)23(24,25)26/h3-13H,14H2,1-2H3,(H,27,28). The first-order valence-corrected chi connectivity index (χ1v) is 9.09. The molecule has 0 aliphatic carbocycles. The lowest BCUT2D eigenvalue weighted by molar-refractivity contribution is -0.137. The predicted octanol–water partition coefficient (Wildman–Crippen LogP) is 5.32. The number of nitrogens with one attached hydrogen (secondary N) is 1. The number of hydrogen-bond acceptors (Lipinski definition) is 3. The largest absolute Gasteiger partial charge is 0.493 e. The lowest BCUT2D eigenvalue weighted by Gasteiger charge is -2.13. The SMILES string of the molecule is COc1ccc(CNC(=O)c2ccccc2-c2ccc(C(F)(F)F)cc2)cc1OC. The van der Waals surface area contributed by atoms with Gasteiger partial charge in [0.05, 0.1) is 19.8 Å². The molecule has 3 aromatic rings. The molecule has 7 heteroatoms. The van der Waals surface area contributed by atoms with Crippen LogP contribution in [0.2, 0.25) is 0 Å². The van der Waals surface area contributed by atoms with E-state index < -0.39 is 11.7 Å². The van der Waals surface area contributed by atoms with Crippen molar-refractivity contribution in [1.29, 1.82) is 0 Å². The predicted molar refractivity (Wildman–Crippen MR) is 108 cm³/mol. The maximum absolute atomic E-state index is 12.8. The fourth-order valence-corrected chi connectivity index (χ4v) is 3.04. The Morgan fingerprint density at radius 3 is 2.20 bits per heavy atom. The molecule has 0 bridgehead atoms. The summed E-state index contributed by atoms with van der Waals surface area (Å²) in [4.78, 5) is 12.8. The van der Waals surface area contributed by atoms with Gasteiger partial charge in [-0.15, -0.1) is 0 Å². The Kier molecular flexibility index (Phi) is 6.30. The Morgan fingerprint density at radius 2 is 1.57 bits per heavy atom. The molecule has 3 rings (SSSR count). The number of alkyl halides is 3. The molecular formula is C23H20F3NO3. The zero-order valence-corrected chi connectivity index (χ0v) is 16.4. The summed E-state index contributed by atoms with van der Waals surface area (Å²) in [5, 5.41) is 2.83. The van der Waals surface area contributed by atoms with E-state index in [1.165, 1.54) is 26.4 Å². The van der Waals surface area contributed by atoms with Crippen molar-refractivity contribution in [3.8, 4) is 22.6 Å². The van der Waals surface area contributed by atoms with Gasteiger partial charge < -0.3 is 14.8 Å². The fourth-order valence-electron chi connectivity index (χ4n) is 3.04. The molecule has 1 amide bonds. The van der Waals surface area contributed by atoms with Crippen molar-refractivity contribution in [2.45, 2.75) is 12.7 Å². The van der Waals surface area contributed by atoms with E-state index in [9.17, 15) is 18.0 Å². The van der Waals surface area contributed by atoms with Crippen LogP contribution in [0, 0.1) is 0 Å². The summed E-state index contributed by atoms with van der Waals surface area (Å²) in [6.45, 7) is 0.251. The third kappa shape index (κ3) is 4.74. The monoisotopic (exact) mass is 415 g/mol. The summed E-state index contributed by atoms with van der Waals surface area (Å²) in [5.74, 6) is 0.801. The minimum Gasteiger partial charge on any atom is -0.493 e. The second kappa shape index (κ2) is 8.90. The van der Waals surface area contributed by atoms with Crippen molar-refractivity contribution in [2.75, 3.05) is 14.2 Å². The molecular weight excluding hydrogens is 395 g/mol. The molecule has 4 nitrogen and oxygen atoms in total. The average Bonchev–Trinajstić information content (AvgIpc) is 2.76. The first-order chi connectivity index (χ1) is 14.3. The highest BCUT2D eigenvalue weighted by Crippen LogP contribution is 2.32. The van der Waals surface area contributed by atoms with Gasteiger partial charge in [0, 0.05) is 12.1 Å². The first-order valence-electron chi connectivity index (χ1n) is 9.09. The van der Waals surface area contributed by atoms with E-state index in [4.69, 9.17) is 9.47 Å². The van der Waals surface area contributed by atoms with Gasteiger partial charge >= 0.3 is 6.18 Å².